The lowest BCUT2D eigenvalue weighted by atomic mass is 10.1. The molecule has 0 spiro atoms. The molecule has 0 saturated heterocycles. The van der Waals surface area contributed by atoms with Gasteiger partial charge in [-0.2, -0.15) is 22.8 Å². The van der Waals surface area contributed by atoms with Crippen LogP contribution in [0.3, 0.4) is 0 Å². The molecule has 0 atom stereocenters. The summed E-state index contributed by atoms with van der Waals surface area (Å²) in [5, 5.41) is 0. The average Bonchev–Trinajstić information content (AvgIpc) is 2.47. The lowest BCUT2D eigenvalue weighted by Crippen LogP contribution is -1.76. The molecule has 0 aliphatic heterocycles. The van der Waals surface area contributed by atoms with Crippen molar-refractivity contribution in [2.75, 3.05) is 0 Å². The van der Waals surface area contributed by atoms with Gasteiger partial charge >= 0.3 is 0 Å². The molecule has 0 radical (unpaired) electrons. The Kier molecular flexibility index (Phi) is 2.16. The van der Waals surface area contributed by atoms with Gasteiger partial charge in [0.15, 0.2) is 0 Å². The predicted molar refractivity (Wildman–Crippen MR) is 56.9 cm³/mol. The van der Waals surface area contributed by atoms with E-state index >= 15 is 0 Å². The van der Waals surface area contributed by atoms with E-state index < -0.39 is 0 Å². The van der Waals surface area contributed by atoms with Gasteiger partial charge in [-0.25, -0.2) is 10.5 Å². The molecule has 2 rings (SSSR count). The monoisotopic (exact) mass is 187 g/mol. The number of benzene rings is 1. The maximum atomic E-state index is 13.0. The zero-order valence-corrected chi connectivity index (χ0v) is 8.34. The summed E-state index contributed by atoms with van der Waals surface area (Å²) in [4.78, 5) is 0. The quantitative estimate of drug-likeness (QED) is 0.595. The van der Waals surface area contributed by atoms with Gasteiger partial charge in [-0.15, -0.1) is 0 Å². The van der Waals surface area contributed by atoms with Gasteiger partial charge < -0.3 is 0 Å². The zero-order valence-electron chi connectivity index (χ0n) is 8.34. The topological polar surface area (TPSA) is 0 Å². The van der Waals surface area contributed by atoms with E-state index in [9.17, 15) is 4.39 Å². The first-order valence-corrected chi connectivity index (χ1v) is 4.67. The zero-order chi connectivity index (χ0) is 10.1. The molecule has 0 fully saturated rings. The van der Waals surface area contributed by atoms with E-state index in [1.54, 1.807) is 12.1 Å². The van der Waals surface area contributed by atoms with Gasteiger partial charge in [-0.3, -0.25) is 0 Å². The Balaban J connectivity index is 2.49. The third-order valence-corrected chi connectivity index (χ3v) is 2.52. The molecule has 0 bridgehead atoms. The molecule has 0 saturated carbocycles. The molecule has 2 aromatic carbocycles. The largest absolute Gasteiger partial charge is 0.207 e. The molecule has 0 N–H and O–H groups in total. The first kappa shape index (κ1) is 9.07. The van der Waals surface area contributed by atoms with Gasteiger partial charge in [-0.1, -0.05) is 31.5 Å². The van der Waals surface area contributed by atoms with Crippen LogP contribution in [-0.2, 0) is 0 Å². The van der Waals surface area contributed by atoms with Crippen molar-refractivity contribution in [1.29, 1.82) is 0 Å². The van der Waals surface area contributed by atoms with Gasteiger partial charge in [0.25, 0.3) is 0 Å². The molecule has 72 valence electrons. The fourth-order valence-corrected chi connectivity index (χ4v) is 1.57. The maximum Gasteiger partial charge on any atom is 0.122 e. The number of halogens is 1. The second-order valence-corrected chi connectivity index (χ2v) is 3.62. The smallest absolute Gasteiger partial charge is 0.122 e. The van der Waals surface area contributed by atoms with E-state index in [-0.39, 0.29) is 5.82 Å². The minimum Gasteiger partial charge on any atom is -0.207 e. The number of rotatable bonds is 1. The van der Waals surface area contributed by atoms with Crippen LogP contribution >= 0.6 is 0 Å². The van der Waals surface area contributed by atoms with Crippen LogP contribution < -0.4 is 0 Å². The fraction of sp³-hybridized carbons (Fsp3) is 0.154. The Labute approximate surface area is 83.4 Å². The Morgan fingerprint density at radius 1 is 1.14 bits per heavy atom. The van der Waals surface area contributed by atoms with Crippen LogP contribution in [0.15, 0.2) is 36.4 Å². The Morgan fingerprint density at radius 2 is 1.93 bits per heavy atom. The Bertz CT molecular complexity index is 433. The van der Waals surface area contributed by atoms with Gasteiger partial charge in [0.05, 0.1) is 0 Å². The standard InChI is InChI=1S/C13H12F/c1-9-6-12(7-10(9)2)11-4-3-5-13(14)8-11/h3-8H,1-2H3/q-1. The van der Waals surface area contributed by atoms with Gasteiger partial charge in [0, 0.05) is 0 Å². The Morgan fingerprint density at radius 3 is 2.50 bits per heavy atom. The summed E-state index contributed by atoms with van der Waals surface area (Å²) in [6.45, 7) is 4.14. The molecule has 0 amide bonds. The second-order valence-electron chi connectivity index (χ2n) is 3.62. The minimum absolute atomic E-state index is 0.181. The minimum atomic E-state index is -0.181. The van der Waals surface area contributed by atoms with E-state index in [4.69, 9.17) is 0 Å². The maximum absolute atomic E-state index is 13.0. The van der Waals surface area contributed by atoms with Crippen LogP contribution in [0.25, 0.3) is 11.1 Å². The predicted octanol–water partition coefficient (Wildman–Crippen LogP) is 3.83. The summed E-state index contributed by atoms with van der Waals surface area (Å²) in [7, 11) is 0. The molecule has 2 aromatic rings. The van der Waals surface area contributed by atoms with Crippen LogP contribution in [-0.4, -0.2) is 0 Å². The van der Waals surface area contributed by atoms with Crippen molar-refractivity contribution in [2.45, 2.75) is 13.8 Å². The van der Waals surface area contributed by atoms with Crippen LogP contribution in [0.4, 0.5) is 4.39 Å². The highest BCUT2D eigenvalue weighted by Crippen LogP contribution is 2.25. The van der Waals surface area contributed by atoms with Crippen LogP contribution in [0.2, 0.25) is 0 Å². The SMILES string of the molecule is Cc1cc(-c2cccc(F)c2)c[c-]1C. The molecule has 0 aromatic heterocycles. The van der Waals surface area contributed by atoms with E-state index in [0.717, 1.165) is 11.1 Å². The van der Waals surface area contributed by atoms with E-state index in [0.29, 0.717) is 0 Å². The third-order valence-electron chi connectivity index (χ3n) is 2.52. The van der Waals surface area contributed by atoms with Gasteiger partial charge in [0.1, 0.15) is 5.82 Å². The summed E-state index contributed by atoms with van der Waals surface area (Å²) >= 11 is 0. The van der Waals surface area contributed by atoms with Gasteiger partial charge in [-0.05, 0) is 12.1 Å². The van der Waals surface area contributed by atoms with E-state index in [2.05, 4.69) is 26.0 Å². The summed E-state index contributed by atoms with van der Waals surface area (Å²) in [6, 6.07) is 10.9. The molecule has 0 aliphatic rings. The summed E-state index contributed by atoms with van der Waals surface area (Å²) in [6.07, 6.45) is 0. The molecular weight excluding hydrogens is 175 g/mol. The number of hydrogen-bond acceptors (Lipinski definition) is 0. The molecule has 1 heteroatoms. The molecule has 0 aliphatic carbocycles. The van der Waals surface area contributed by atoms with Crippen molar-refractivity contribution in [1.82, 2.24) is 0 Å². The van der Waals surface area contributed by atoms with Crippen molar-refractivity contribution in [3.05, 3.63) is 53.3 Å². The lowest BCUT2D eigenvalue weighted by molar-refractivity contribution is 0.628. The van der Waals surface area contributed by atoms with Crippen LogP contribution in [0, 0.1) is 19.7 Å². The first-order valence-electron chi connectivity index (χ1n) is 4.67. The summed E-state index contributed by atoms with van der Waals surface area (Å²) < 4.78 is 13.0. The normalized spacial score (nSPS) is 10.5. The number of hydrogen-bond donors (Lipinski definition) is 0. The van der Waals surface area contributed by atoms with Crippen molar-refractivity contribution < 1.29 is 4.39 Å². The molecule has 0 heterocycles. The van der Waals surface area contributed by atoms with Crippen molar-refractivity contribution >= 4 is 0 Å². The number of aryl methyl sites for hydroxylation is 2. The highest BCUT2D eigenvalue weighted by atomic mass is 19.1. The van der Waals surface area contributed by atoms with Crippen molar-refractivity contribution in [2.24, 2.45) is 0 Å². The molecule has 0 unspecified atom stereocenters. The summed E-state index contributed by atoms with van der Waals surface area (Å²) in [5.41, 5.74) is 4.55. The molecule has 14 heavy (non-hydrogen) atoms. The second kappa shape index (κ2) is 3.33. The highest BCUT2D eigenvalue weighted by Gasteiger charge is 1.94. The summed E-state index contributed by atoms with van der Waals surface area (Å²) in [5.74, 6) is -0.181. The average molecular weight is 187 g/mol. The lowest BCUT2D eigenvalue weighted by Gasteiger charge is -2.04. The van der Waals surface area contributed by atoms with Crippen molar-refractivity contribution in [3.63, 3.8) is 0 Å². The van der Waals surface area contributed by atoms with E-state index in [1.165, 1.54) is 17.2 Å². The highest BCUT2D eigenvalue weighted by molar-refractivity contribution is 5.66. The molecule has 0 nitrogen and oxygen atoms in total. The van der Waals surface area contributed by atoms with Crippen LogP contribution in [0.5, 0.6) is 0 Å². The fourth-order valence-electron chi connectivity index (χ4n) is 1.57. The molecular formula is C13H12F-. The third kappa shape index (κ3) is 1.58. The van der Waals surface area contributed by atoms with Gasteiger partial charge in [0.2, 0.25) is 0 Å². The van der Waals surface area contributed by atoms with E-state index in [1.807, 2.05) is 6.07 Å². The Hall–Kier alpha value is -1.50. The van der Waals surface area contributed by atoms with Crippen molar-refractivity contribution in [3.8, 4) is 11.1 Å². The van der Waals surface area contributed by atoms with Crippen LogP contribution in [0.1, 0.15) is 11.1 Å². The first-order chi connectivity index (χ1) is 6.66.